The molecule has 0 unspecified atom stereocenters. The highest BCUT2D eigenvalue weighted by molar-refractivity contribution is 5.34. The van der Waals surface area contributed by atoms with Gasteiger partial charge >= 0.3 is 5.91 Å². The molecule has 8 nitrogen and oxygen atoms in total. The molecule has 0 radical (unpaired) electrons. The van der Waals surface area contributed by atoms with Gasteiger partial charge in [0.2, 0.25) is 6.08 Å². The lowest BCUT2D eigenvalue weighted by atomic mass is 9.96. The lowest BCUT2D eigenvalue weighted by Gasteiger charge is -2.46. The number of aliphatic hydroxyl groups is 2. The van der Waals surface area contributed by atoms with Crippen molar-refractivity contribution in [3.8, 4) is 0 Å². The van der Waals surface area contributed by atoms with Gasteiger partial charge in [-0.3, -0.25) is 0 Å². The number of nitrogens with zero attached hydrogens (tertiary/aromatic N) is 1. The molecule has 2 aromatic rings. The molecule has 0 aromatic heterocycles. The van der Waals surface area contributed by atoms with Crippen molar-refractivity contribution in [1.29, 1.82) is 0 Å². The maximum Gasteiger partial charge on any atom is 0.311 e. The molecule has 0 spiro atoms. The van der Waals surface area contributed by atoms with Crippen LogP contribution < -0.4 is 5.73 Å². The highest BCUT2D eigenvalue weighted by Crippen LogP contribution is 2.35. The Morgan fingerprint density at radius 2 is 1.59 bits per heavy atom. The molecule has 154 valence electrons. The highest BCUT2D eigenvalue weighted by Gasteiger charge is 2.56. The van der Waals surface area contributed by atoms with Crippen molar-refractivity contribution in [2.75, 3.05) is 6.54 Å². The lowest BCUT2D eigenvalue weighted by molar-refractivity contribution is -0.368. The molecule has 0 amide bonds. The smallest absolute Gasteiger partial charge is 0.311 e. The van der Waals surface area contributed by atoms with Crippen LogP contribution in [-0.4, -0.2) is 53.2 Å². The van der Waals surface area contributed by atoms with E-state index in [0.717, 1.165) is 11.1 Å². The lowest BCUT2D eigenvalue weighted by Crippen LogP contribution is -2.66. The van der Waals surface area contributed by atoms with E-state index in [-0.39, 0.29) is 19.8 Å². The van der Waals surface area contributed by atoms with Gasteiger partial charge < -0.3 is 30.2 Å². The summed E-state index contributed by atoms with van der Waals surface area (Å²) in [4.78, 5) is 14.9. The molecule has 5 atom stereocenters. The van der Waals surface area contributed by atoms with Crippen LogP contribution in [0.5, 0.6) is 0 Å². The zero-order valence-corrected chi connectivity index (χ0v) is 15.8. The normalized spacial score (nSPS) is 29.2. The fourth-order valence-corrected chi connectivity index (χ4v) is 3.18. The van der Waals surface area contributed by atoms with E-state index in [9.17, 15) is 15.0 Å². The van der Waals surface area contributed by atoms with Crippen molar-refractivity contribution < 1.29 is 29.2 Å². The number of hydrogen-bond donors (Lipinski definition) is 3. The molecule has 4 N–H and O–H groups in total. The molecule has 29 heavy (non-hydrogen) atoms. The standard InChI is InChI=1S/C21H24N2O6/c22-11-17-18(25)19(26)20(27-12-15-7-3-1-4-8-15)21(29-17,23-14-24)28-13-16-9-5-2-6-10-16/h1-10,17-20,25-26H,11-13,22H2/t17-,18-,19+,20-,21-/m1/s1. The van der Waals surface area contributed by atoms with E-state index in [1.807, 2.05) is 60.7 Å². The summed E-state index contributed by atoms with van der Waals surface area (Å²) in [7, 11) is 0. The Morgan fingerprint density at radius 3 is 2.14 bits per heavy atom. The summed E-state index contributed by atoms with van der Waals surface area (Å²) in [5, 5.41) is 21.1. The third kappa shape index (κ3) is 4.95. The molecule has 0 aliphatic carbocycles. The van der Waals surface area contributed by atoms with Gasteiger partial charge in [-0.1, -0.05) is 60.7 Å². The van der Waals surface area contributed by atoms with E-state index in [1.54, 1.807) is 0 Å². The van der Waals surface area contributed by atoms with Crippen LogP contribution >= 0.6 is 0 Å². The second-order valence-electron chi connectivity index (χ2n) is 6.70. The van der Waals surface area contributed by atoms with Gasteiger partial charge in [-0.15, -0.1) is 4.99 Å². The quantitative estimate of drug-likeness (QED) is 0.443. The Balaban J connectivity index is 1.88. The predicted molar refractivity (Wildman–Crippen MR) is 103 cm³/mol. The Labute approximate surface area is 168 Å². The van der Waals surface area contributed by atoms with Crippen molar-refractivity contribution in [1.82, 2.24) is 0 Å². The minimum atomic E-state index is -2.00. The van der Waals surface area contributed by atoms with Gasteiger partial charge in [-0.2, -0.15) is 0 Å². The average molecular weight is 400 g/mol. The van der Waals surface area contributed by atoms with Gasteiger partial charge in [-0.05, 0) is 11.1 Å². The van der Waals surface area contributed by atoms with E-state index in [2.05, 4.69) is 4.99 Å². The average Bonchev–Trinajstić information content (AvgIpc) is 2.76. The number of aliphatic imine (C=N–C) groups is 1. The molecule has 1 heterocycles. The first-order chi connectivity index (χ1) is 14.1. The summed E-state index contributed by atoms with van der Waals surface area (Å²) in [6.45, 7) is -0.0114. The number of rotatable bonds is 8. The summed E-state index contributed by atoms with van der Waals surface area (Å²) in [5.74, 6) is -2.00. The second kappa shape index (κ2) is 9.87. The molecule has 1 aliphatic rings. The summed E-state index contributed by atoms with van der Waals surface area (Å²) in [5.41, 5.74) is 7.27. The van der Waals surface area contributed by atoms with Crippen LogP contribution in [0.1, 0.15) is 11.1 Å². The van der Waals surface area contributed by atoms with Gasteiger partial charge in [0, 0.05) is 6.54 Å². The SMILES string of the molecule is NC[C@H]1O[C@](N=C=O)(OCc2ccccc2)[C@H](OCc2ccccc2)[C@@H](O)[C@@H]1O. The summed E-state index contributed by atoms with van der Waals surface area (Å²) in [6, 6.07) is 18.4. The van der Waals surface area contributed by atoms with Crippen molar-refractivity contribution in [2.24, 2.45) is 10.7 Å². The molecule has 3 rings (SSSR count). The van der Waals surface area contributed by atoms with E-state index in [4.69, 9.17) is 19.9 Å². The van der Waals surface area contributed by atoms with Gasteiger partial charge in [0.1, 0.15) is 18.3 Å². The van der Waals surface area contributed by atoms with Crippen molar-refractivity contribution in [3.63, 3.8) is 0 Å². The molecule has 2 aromatic carbocycles. The number of isocyanates is 1. The molecule has 1 saturated heterocycles. The van der Waals surface area contributed by atoms with Crippen LogP contribution in [0.4, 0.5) is 0 Å². The summed E-state index contributed by atoms with van der Waals surface area (Å²) in [6.07, 6.45) is -3.64. The molecule has 0 saturated carbocycles. The van der Waals surface area contributed by atoms with Gasteiger partial charge in [-0.25, -0.2) is 4.79 Å². The Kier molecular flexibility index (Phi) is 7.24. The molecule has 8 heteroatoms. The van der Waals surface area contributed by atoms with Crippen LogP contribution in [0, 0.1) is 0 Å². The minimum Gasteiger partial charge on any atom is -0.388 e. The summed E-state index contributed by atoms with van der Waals surface area (Å²) < 4.78 is 17.4. The van der Waals surface area contributed by atoms with Crippen LogP contribution in [0.25, 0.3) is 0 Å². The van der Waals surface area contributed by atoms with Gasteiger partial charge in [0.15, 0.2) is 6.10 Å². The van der Waals surface area contributed by atoms with Crippen LogP contribution in [0.15, 0.2) is 65.7 Å². The maximum atomic E-state index is 11.2. The van der Waals surface area contributed by atoms with Crippen molar-refractivity contribution >= 4 is 6.08 Å². The number of carbonyl (C=O) groups excluding carboxylic acids is 1. The third-order valence-electron chi connectivity index (χ3n) is 4.72. The Morgan fingerprint density at radius 1 is 1.00 bits per heavy atom. The Hall–Kier alpha value is -2.42. The third-order valence-corrected chi connectivity index (χ3v) is 4.72. The molecule has 0 bridgehead atoms. The number of hydrogen-bond acceptors (Lipinski definition) is 8. The highest BCUT2D eigenvalue weighted by atomic mass is 16.7. The second-order valence-corrected chi connectivity index (χ2v) is 6.70. The molecular formula is C21H24N2O6. The number of benzene rings is 2. The van der Waals surface area contributed by atoms with Gasteiger partial charge in [0.25, 0.3) is 0 Å². The first-order valence-corrected chi connectivity index (χ1v) is 9.26. The number of ether oxygens (including phenoxy) is 3. The van der Waals surface area contributed by atoms with E-state index in [1.165, 1.54) is 6.08 Å². The Bertz CT molecular complexity index is 814. The predicted octanol–water partition coefficient (Wildman–Crippen LogP) is 0.857. The number of aliphatic hydroxyl groups excluding tert-OH is 2. The zero-order valence-electron chi connectivity index (χ0n) is 15.8. The van der Waals surface area contributed by atoms with Crippen LogP contribution in [-0.2, 0) is 32.2 Å². The van der Waals surface area contributed by atoms with Crippen LogP contribution in [0.3, 0.4) is 0 Å². The fourth-order valence-electron chi connectivity index (χ4n) is 3.18. The summed E-state index contributed by atoms with van der Waals surface area (Å²) >= 11 is 0. The van der Waals surface area contributed by atoms with Gasteiger partial charge in [0.05, 0.1) is 13.2 Å². The first-order valence-electron chi connectivity index (χ1n) is 9.26. The zero-order chi connectivity index (χ0) is 20.7. The van der Waals surface area contributed by atoms with E-state index in [0.29, 0.717) is 0 Å². The molecular weight excluding hydrogens is 376 g/mol. The van der Waals surface area contributed by atoms with E-state index < -0.39 is 30.3 Å². The van der Waals surface area contributed by atoms with Crippen molar-refractivity contribution in [3.05, 3.63) is 71.8 Å². The monoisotopic (exact) mass is 400 g/mol. The molecule has 1 aliphatic heterocycles. The minimum absolute atomic E-state index is 0.0251. The maximum absolute atomic E-state index is 11.2. The van der Waals surface area contributed by atoms with Crippen LogP contribution in [0.2, 0.25) is 0 Å². The fraction of sp³-hybridized carbons (Fsp3) is 0.381. The topological polar surface area (TPSA) is 124 Å². The largest absolute Gasteiger partial charge is 0.388 e. The number of nitrogens with two attached hydrogens (primary N) is 1. The molecule has 1 fully saturated rings. The van der Waals surface area contributed by atoms with E-state index >= 15 is 0 Å². The van der Waals surface area contributed by atoms with Crippen molar-refractivity contribution in [2.45, 2.75) is 43.5 Å². The first kappa shape index (κ1) is 21.3.